The van der Waals surface area contributed by atoms with E-state index in [-0.39, 0.29) is 11.4 Å². The van der Waals surface area contributed by atoms with Crippen molar-refractivity contribution >= 4 is 15.8 Å². The average Bonchev–Trinajstić information content (AvgIpc) is 2.53. The summed E-state index contributed by atoms with van der Waals surface area (Å²) in [6.07, 6.45) is 2.93. The third-order valence-electron chi connectivity index (χ3n) is 3.71. The van der Waals surface area contributed by atoms with Crippen LogP contribution >= 0.6 is 0 Å². The second-order valence-electron chi connectivity index (χ2n) is 5.85. The number of carbonyl (C=O) groups is 1. The van der Waals surface area contributed by atoms with Gasteiger partial charge in [-0.15, -0.1) is 0 Å². The number of unbranched alkanes of at least 4 members (excludes halogenated alkanes) is 1. The molecular formula is C17H28N2O4S. The van der Waals surface area contributed by atoms with Crippen LogP contribution in [0.5, 0.6) is 0 Å². The molecule has 1 unspecified atom stereocenters. The number of nitrogens with one attached hydrogen (secondary N) is 2. The van der Waals surface area contributed by atoms with Crippen molar-refractivity contribution in [3.05, 3.63) is 29.8 Å². The lowest BCUT2D eigenvalue weighted by molar-refractivity contribution is -0.136. The van der Waals surface area contributed by atoms with Crippen molar-refractivity contribution in [1.82, 2.24) is 10.6 Å². The molecule has 0 aliphatic rings. The SMILES string of the molecule is CCCNCCCCNCC(C(=O)O)S(=O)(=O)c1ccc(C)cc1. The molecular weight excluding hydrogens is 328 g/mol. The van der Waals surface area contributed by atoms with Crippen LogP contribution in [0.1, 0.15) is 31.7 Å². The minimum absolute atomic E-state index is 0.0473. The van der Waals surface area contributed by atoms with Gasteiger partial charge in [-0.05, 0) is 58.0 Å². The molecule has 136 valence electrons. The Morgan fingerprint density at radius 3 is 2.21 bits per heavy atom. The van der Waals surface area contributed by atoms with E-state index >= 15 is 0 Å². The van der Waals surface area contributed by atoms with Crippen molar-refractivity contribution in [1.29, 1.82) is 0 Å². The van der Waals surface area contributed by atoms with Gasteiger partial charge in [0, 0.05) is 6.54 Å². The minimum Gasteiger partial charge on any atom is -0.480 e. The third kappa shape index (κ3) is 6.59. The van der Waals surface area contributed by atoms with Gasteiger partial charge in [-0.1, -0.05) is 24.6 Å². The van der Waals surface area contributed by atoms with E-state index in [2.05, 4.69) is 17.6 Å². The van der Waals surface area contributed by atoms with Gasteiger partial charge in [0.2, 0.25) is 0 Å². The lowest BCUT2D eigenvalue weighted by atomic mass is 10.2. The summed E-state index contributed by atoms with van der Waals surface area (Å²) in [5.74, 6) is -1.33. The third-order valence-corrected chi connectivity index (χ3v) is 5.76. The number of hydrogen-bond acceptors (Lipinski definition) is 5. The molecule has 0 fully saturated rings. The highest BCUT2D eigenvalue weighted by molar-refractivity contribution is 7.92. The summed E-state index contributed by atoms with van der Waals surface area (Å²) >= 11 is 0. The summed E-state index contributed by atoms with van der Waals surface area (Å²) < 4.78 is 25.0. The van der Waals surface area contributed by atoms with Gasteiger partial charge in [0.1, 0.15) is 0 Å². The second kappa shape index (κ2) is 10.4. The molecule has 1 aromatic carbocycles. The van der Waals surface area contributed by atoms with Crippen molar-refractivity contribution in [2.75, 3.05) is 26.2 Å². The predicted octanol–water partition coefficient (Wildman–Crippen LogP) is 1.59. The van der Waals surface area contributed by atoms with E-state index in [0.717, 1.165) is 37.9 Å². The molecule has 0 amide bonds. The van der Waals surface area contributed by atoms with Crippen LogP contribution in [-0.4, -0.2) is 50.9 Å². The predicted molar refractivity (Wildman–Crippen MR) is 95.1 cm³/mol. The first-order valence-corrected chi connectivity index (χ1v) is 9.89. The maximum Gasteiger partial charge on any atom is 0.323 e. The molecule has 0 saturated heterocycles. The highest BCUT2D eigenvalue weighted by atomic mass is 32.2. The number of aliphatic carboxylic acids is 1. The van der Waals surface area contributed by atoms with Crippen LogP contribution in [0.15, 0.2) is 29.2 Å². The molecule has 0 bridgehead atoms. The Morgan fingerprint density at radius 2 is 1.67 bits per heavy atom. The average molecular weight is 356 g/mol. The van der Waals surface area contributed by atoms with E-state index in [1.165, 1.54) is 12.1 Å². The normalized spacial score (nSPS) is 12.9. The number of carboxylic acids is 1. The van der Waals surface area contributed by atoms with Gasteiger partial charge >= 0.3 is 5.97 Å². The lowest BCUT2D eigenvalue weighted by Crippen LogP contribution is -2.40. The maximum atomic E-state index is 12.5. The topological polar surface area (TPSA) is 95.5 Å². The van der Waals surface area contributed by atoms with Crippen molar-refractivity contribution in [3.8, 4) is 0 Å². The number of carboxylic acid groups (broad SMARTS) is 1. The first-order chi connectivity index (χ1) is 11.4. The van der Waals surface area contributed by atoms with Gasteiger partial charge in [0.05, 0.1) is 4.90 Å². The Labute approximate surface area is 144 Å². The fourth-order valence-corrected chi connectivity index (χ4v) is 3.70. The van der Waals surface area contributed by atoms with Gasteiger partial charge in [0.25, 0.3) is 0 Å². The highest BCUT2D eigenvalue weighted by Crippen LogP contribution is 2.17. The Kier molecular flexibility index (Phi) is 8.95. The largest absolute Gasteiger partial charge is 0.480 e. The van der Waals surface area contributed by atoms with Crippen LogP contribution in [0, 0.1) is 6.92 Å². The zero-order valence-corrected chi connectivity index (χ0v) is 15.2. The molecule has 0 radical (unpaired) electrons. The van der Waals surface area contributed by atoms with E-state index in [0.29, 0.717) is 6.54 Å². The molecule has 24 heavy (non-hydrogen) atoms. The zero-order chi connectivity index (χ0) is 18.0. The van der Waals surface area contributed by atoms with Crippen molar-refractivity contribution in [2.24, 2.45) is 0 Å². The smallest absolute Gasteiger partial charge is 0.323 e. The van der Waals surface area contributed by atoms with Crippen molar-refractivity contribution < 1.29 is 18.3 Å². The maximum absolute atomic E-state index is 12.5. The fourth-order valence-electron chi connectivity index (χ4n) is 2.26. The quantitative estimate of drug-likeness (QED) is 0.492. The van der Waals surface area contributed by atoms with Crippen molar-refractivity contribution in [2.45, 2.75) is 43.3 Å². The van der Waals surface area contributed by atoms with Crippen LogP contribution in [0.3, 0.4) is 0 Å². The van der Waals surface area contributed by atoms with Crippen LogP contribution in [0.4, 0.5) is 0 Å². The first kappa shape index (κ1) is 20.6. The summed E-state index contributed by atoms with van der Waals surface area (Å²) in [5.41, 5.74) is 0.927. The Hall–Kier alpha value is -1.44. The molecule has 3 N–H and O–H groups in total. The molecule has 1 atom stereocenters. The van der Waals surface area contributed by atoms with Gasteiger partial charge in [-0.3, -0.25) is 4.79 Å². The summed E-state index contributed by atoms with van der Waals surface area (Å²) in [5, 5.41) is 14.1. The molecule has 1 aromatic rings. The monoisotopic (exact) mass is 356 g/mol. The Balaban J connectivity index is 2.52. The van der Waals surface area contributed by atoms with Gasteiger partial charge in [0.15, 0.2) is 15.1 Å². The summed E-state index contributed by atoms with van der Waals surface area (Å²) in [4.78, 5) is 11.4. The van der Waals surface area contributed by atoms with E-state index in [4.69, 9.17) is 0 Å². The van der Waals surface area contributed by atoms with Crippen LogP contribution in [0.2, 0.25) is 0 Å². The molecule has 6 nitrogen and oxygen atoms in total. The molecule has 1 rings (SSSR count). The van der Waals surface area contributed by atoms with E-state index in [9.17, 15) is 18.3 Å². The zero-order valence-electron chi connectivity index (χ0n) is 14.4. The van der Waals surface area contributed by atoms with Gasteiger partial charge < -0.3 is 15.7 Å². The minimum atomic E-state index is -3.90. The number of benzene rings is 1. The Morgan fingerprint density at radius 1 is 1.08 bits per heavy atom. The Bertz CT molecular complexity index is 600. The van der Waals surface area contributed by atoms with E-state index in [1.54, 1.807) is 12.1 Å². The molecule has 0 heterocycles. The van der Waals surface area contributed by atoms with Gasteiger partial charge in [-0.2, -0.15) is 0 Å². The van der Waals surface area contributed by atoms with Gasteiger partial charge in [-0.25, -0.2) is 8.42 Å². The molecule has 0 aliphatic heterocycles. The molecule has 0 aromatic heterocycles. The first-order valence-electron chi connectivity index (χ1n) is 8.34. The van der Waals surface area contributed by atoms with Crippen molar-refractivity contribution in [3.63, 3.8) is 0 Å². The second-order valence-corrected chi connectivity index (χ2v) is 7.98. The van der Waals surface area contributed by atoms with Crippen LogP contribution in [-0.2, 0) is 14.6 Å². The number of sulfone groups is 1. The van der Waals surface area contributed by atoms with E-state index in [1.807, 2.05) is 6.92 Å². The summed E-state index contributed by atoms with van der Waals surface area (Å²) in [6, 6.07) is 6.26. The fraction of sp³-hybridized carbons (Fsp3) is 0.588. The van der Waals surface area contributed by atoms with Crippen LogP contribution in [0.25, 0.3) is 0 Å². The summed E-state index contributed by atoms with van der Waals surface area (Å²) in [7, 11) is -3.90. The van der Waals surface area contributed by atoms with E-state index < -0.39 is 21.1 Å². The highest BCUT2D eigenvalue weighted by Gasteiger charge is 2.33. The summed E-state index contributed by atoms with van der Waals surface area (Å²) in [6.45, 7) is 6.37. The van der Waals surface area contributed by atoms with Crippen LogP contribution < -0.4 is 10.6 Å². The molecule has 0 aliphatic carbocycles. The number of aryl methyl sites for hydroxylation is 1. The lowest BCUT2D eigenvalue weighted by Gasteiger charge is -2.15. The number of hydrogen-bond donors (Lipinski definition) is 3. The molecule has 0 spiro atoms. The number of rotatable bonds is 12. The molecule has 7 heteroatoms. The standard InChI is InChI=1S/C17H28N2O4S/c1-3-10-18-11-4-5-12-19-13-16(17(20)21)24(22,23)15-8-6-14(2)7-9-15/h6-9,16,18-19H,3-5,10-13H2,1-2H3,(H,20,21). The molecule has 0 saturated carbocycles.